The maximum absolute atomic E-state index is 12.7. The zero-order valence-electron chi connectivity index (χ0n) is 16.2. The molecule has 1 fully saturated rings. The van der Waals surface area contributed by atoms with Gasteiger partial charge in [-0.1, -0.05) is 0 Å². The number of halogens is 3. The summed E-state index contributed by atoms with van der Waals surface area (Å²) in [6.45, 7) is 7.55. The fourth-order valence-corrected chi connectivity index (χ4v) is 3.17. The number of alkyl halides is 3. The van der Waals surface area contributed by atoms with Crippen molar-refractivity contribution in [3.05, 3.63) is 23.9 Å². The van der Waals surface area contributed by atoms with E-state index in [0.29, 0.717) is 38.5 Å². The van der Waals surface area contributed by atoms with E-state index in [1.54, 1.807) is 11.8 Å². The monoisotopic (exact) mass is 397 g/mol. The Hall–Kier alpha value is -2.34. The first kappa shape index (κ1) is 22.0. The summed E-state index contributed by atoms with van der Waals surface area (Å²) in [5.74, 6) is 0.291. The van der Waals surface area contributed by atoms with E-state index in [1.807, 2.05) is 16.7 Å². The molecule has 0 N–H and O–H groups in total. The molecule has 2 rings (SSSR count). The van der Waals surface area contributed by atoms with Gasteiger partial charge in [0, 0.05) is 45.5 Å². The van der Waals surface area contributed by atoms with E-state index in [2.05, 4.69) is 11.1 Å². The minimum absolute atomic E-state index is 0.00861. The van der Waals surface area contributed by atoms with Gasteiger partial charge in [0.05, 0.1) is 24.1 Å². The predicted octanol–water partition coefficient (Wildman–Crippen LogP) is 2.62. The number of likely N-dealkylation sites (N-methyl/N-ethyl adjacent to an activating group) is 1. The largest absolute Gasteiger partial charge is 0.417 e. The number of hydrogen-bond acceptors (Lipinski definition) is 5. The predicted molar refractivity (Wildman–Crippen MR) is 99.5 cm³/mol. The highest BCUT2D eigenvalue weighted by molar-refractivity contribution is 5.78. The lowest BCUT2D eigenvalue weighted by Crippen LogP contribution is -2.43. The van der Waals surface area contributed by atoms with Gasteiger partial charge in [-0.25, -0.2) is 4.98 Å². The number of nitriles is 1. The van der Waals surface area contributed by atoms with Crippen molar-refractivity contribution in [2.75, 3.05) is 50.7 Å². The van der Waals surface area contributed by atoms with Crippen LogP contribution in [-0.4, -0.2) is 66.5 Å². The van der Waals surface area contributed by atoms with E-state index in [-0.39, 0.29) is 18.4 Å². The molecule has 0 aliphatic carbocycles. The van der Waals surface area contributed by atoms with Crippen molar-refractivity contribution in [2.24, 2.45) is 5.92 Å². The summed E-state index contributed by atoms with van der Waals surface area (Å²) < 4.78 is 38.0. The van der Waals surface area contributed by atoms with Gasteiger partial charge in [0.2, 0.25) is 5.91 Å². The second-order valence-corrected chi connectivity index (χ2v) is 6.98. The lowest BCUT2D eigenvalue weighted by Gasteiger charge is -2.26. The van der Waals surface area contributed by atoms with Crippen molar-refractivity contribution < 1.29 is 18.0 Å². The Balaban J connectivity index is 1.92. The van der Waals surface area contributed by atoms with E-state index in [1.165, 1.54) is 6.07 Å². The van der Waals surface area contributed by atoms with Crippen molar-refractivity contribution in [1.82, 2.24) is 14.8 Å². The van der Waals surface area contributed by atoms with Crippen LogP contribution in [-0.2, 0) is 11.0 Å². The number of pyridine rings is 1. The number of carbonyl (C=O) groups excluding carboxylic acids is 1. The minimum Gasteiger partial charge on any atom is -0.355 e. The molecule has 1 amide bonds. The summed E-state index contributed by atoms with van der Waals surface area (Å²) in [7, 11) is 0. The third kappa shape index (κ3) is 6.09. The molecular formula is C19H26F3N5O. The molecule has 154 valence electrons. The van der Waals surface area contributed by atoms with E-state index in [0.717, 1.165) is 25.2 Å². The van der Waals surface area contributed by atoms with Crippen molar-refractivity contribution in [3.63, 3.8) is 0 Å². The summed E-state index contributed by atoms with van der Waals surface area (Å²) in [6, 6.07) is 4.58. The molecular weight excluding hydrogens is 371 g/mol. The van der Waals surface area contributed by atoms with Gasteiger partial charge in [-0.15, -0.1) is 0 Å². The van der Waals surface area contributed by atoms with Crippen LogP contribution in [0.2, 0.25) is 0 Å². The quantitative estimate of drug-likeness (QED) is 0.738. The molecule has 1 unspecified atom stereocenters. The van der Waals surface area contributed by atoms with Crippen molar-refractivity contribution >= 4 is 11.7 Å². The molecule has 1 aliphatic rings. The first-order valence-electron chi connectivity index (χ1n) is 9.42. The lowest BCUT2D eigenvalue weighted by atomic mass is 10.2. The first-order chi connectivity index (χ1) is 13.2. The van der Waals surface area contributed by atoms with Gasteiger partial charge >= 0.3 is 6.18 Å². The standard InChI is InChI=1S/C19H26F3N5O/c1-3-26(13-15(2)11-23)18(28)14-25-7-4-8-27(10-9-25)17-6-5-16(12-24-17)19(20,21)22/h5-6,12,15H,3-4,7-10,13-14H2,1-2H3. The Morgan fingerprint density at radius 2 is 2.07 bits per heavy atom. The fourth-order valence-electron chi connectivity index (χ4n) is 3.17. The zero-order valence-corrected chi connectivity index (χ0v) is 16.2. The minimum atomic E-state index is -4.39. The number of carbonyl (C=O) groups is 1. The molecule has 1 aromatic rings. The second kappa shape index (κ2) is 9.73. The molecule has 1 saturated heterocycles. The van der Waals surface area contributed by atoms with Gasteiger partial charge in [0.1, 0.15) is 5.82 Å². The summed E-state index contributed by atoms with van der Waals surface area (Å²) in [5, 5.41) is 8.95. The maximum atomic E-state index is 12.7. The molecule has 1 aliphatic heterocycles. The maximum Gasteiger partial charge on any atom is 0.417 e. The Morgan fingerprint density at radius 3 is 2.64 bits per heavy atom. The van der Waals surface area contributed by atoms with E-state index >= 15 is 0 Å². The summed E-state index contributed by atoms with van der Waals surface area (Å²) in [5.41, 5.74) is -0.760. The van der Waals surface area contributed by atoms with E-state index in [9.17, 15) is 18.0 Å². The number of nitrogens with zero attached hydrogens (tertiary/aromatic N) is 5. The highest BCUT2D eigenvalue weighted by Gasteiger charge is 2.31. The molecule has 6 nitrogen and oxygen atoms in total. The molecule has 0 spiro atoms. The Bertz CT molecular complexity index is 686. The van der Waals surface area contributed by atoms with Crippen LogP contribution in [0.1, 0.15) is 25.8 Å². The molecule has 1 atom stereocenters. The van der Waals surface area contributed by atoms with Crippen LogP contribution in [0, 0.1) is 17.2 Å². The van der Waals surface area contributed by atoms with Gasteiger partial charge < -0.3 is 9.80 Å². The third-order valence-electron chi connectivity index (χ3n) is 4.80. The summed E-state index contributed by atoms with van der Waals surface area (Å²) in [4.78, 5) is 22.2. The molecule has 9 heteroatoms. The average molecular weight is 397 g/mol. The molecule has 1 aromatic heterocycles. The number of amides is 1. The summed E-state index contributed by atoms with van der Waals surface area (Å²) in [6.07, 6.45) is -2.75. The number of hydrogen-bond donors (Lipinski definition) is 0. The van der Waals surface area contributed by atoms with Crippen LogP contribution in [0.25, 0.3) is 0 Å². The Kier molecular flexibility index (Phi) is 7.63. The smallest absolute Gasteiger partial charge is 0.355 e. The van der Waals surface area contributed by atoms with Gasteiger partial charge in [-0.3, -0.25) is 9.69 Å². The number of anilines is 1. The van der Waals surface area contributed by atoms with Gasteiger partial charge in [-0.05, 0) is 32.4 Å². The average Bonchev–Trinajstić information content (AvgIpc) is 2.90. The third-order valence-corrected chi connectivity index (χ3v) is 4.80. The van der Waals surface area contributed by atoms with E-state index < -0.39 is 11.7 Å². The SMILES string of the molecule is CCN(CC(C)C#N)C(=O)CN1CCCN(c2ccc(C(F)(F)F)cn2)CC1. The van der Waals surface area contributed by atoms with Crippen LogP contribution in [0.5, 0.6) is 0 Å². The van der Waals surface area contributed by atoms with Crippen molar-refractivity contribution in [1.29, 1.82) is 5.26 Å². The molecule has 0 saturated carbocycles. The second-order valence-electron chi connectivity index (χ2n) is 6.98. The number of aromatic nitrogens is 1. The highest BCUT2D eigenvalue weighted by Crippen LogP contribution is 2.29. The van der Waals surface area contributed by atoms with Crippen LogP contribution in [0.15, 0.2) is 18.3 Å². The van der Waals surface area contributed by atoms with Gasteiger partial charge in [0.15, 0.2) is 0 Å². The summed E-state index contributed by atoms with van der Waals surface area (Å²) >= 11 is 0. The van der Waals surface area contributed by atoms with Gasteiger partial charge in [0.25, 0.3) is 0 Å². The first-order valence-corrected chi connectivity index (χ1v) is 9.42. The Labute approximate surface area is 163 Å². The highest BCUT2D eigenvalue weighted by atomic mass is 19.4. The fraction of sp³-hybridized carbons (Fsp3) is 0.632. The van der Waals surface area contributed by atoms with Gasteiger partial charge in [-0.2, -0.15) is 18.4 Å². The van der Waals surface area contributed by atoms with Crippen LogP contribution in [0.3, 0.4) is 0 Å². The molecule has 0 aromatic carbocycles. The van der Waals surface area contributed by atoms with Crippen LogP contribution >= 0.6 is 0 Å². The van der Waals surface area contributed by atoms with E-state index in [4.69, 9.17) is 5.26 Å². The normalized spacial score (nSPS) is 16.9. The molecule has 0 radical (unpaired) electrons. The molecule has 2 heterocycles. The number of rotatable bonds is 6. The lowest BCUT2D eigenvalue weighted by molar-refractivity contribution is -0.137. The van der Waals surface area contributed by atoms with Crippen LogP contribution < -0.4 is 4.90 Å². The topological polar surface area (TPSA) is 63.5 Å². The molecule has 0 bridgehead atoms. The van der Waals surface area contributed by atoms with Crippen molar-refractivity contribution in [2.45, 2.75) is 26.4 Å². The van der Waals surface area contributed by atoms with Crippen molar-refractivity contribution in [3.8, 4) is 6.07 Å². The molecule has 28 heavy (non-hydrogen) atoms. The Morgan fingerprint density at radius 1 is 1.32 bits per heavy atom. The van der Waals surface area contributed by atoms with Crippen LogP contribution in [0.4, 0.5) is 19.0 Å². The zero-order chi connectivity index (χ0) is 20.7.